The fourth-order valence-corrected chi connectivity index (χ4v) is 0.976. The fraction of sp³-hybridized carbons (Fsp3) is 0. The Bertz CT molecular complexity index is 369. The van der Waals surface area contributed by atoms with Gasteiger partial charge in [0.15, 0.2) is 0 Å². The molecule has 1 aromatic heterocycles. The highest BCUT2D eigenvalue weighted by molar-refractivity contribution is 6.68. The summed E-state index contributed by atoms with van der Waals surface area (Å²) < 4.78 is 0. The molecule has 0 aliphatic heterocycles. The third kappa shape index (κ3) is 1.36. The first-order valence-corrected chi connectivity index (χ1v) is 3.39. The normalized spacial score (nSPS) is 9.00. The van der Waals surface area contributed by atoms with Gasteiger partial charge in [-0.05, 0) is 17.7 Å². The van der Waals surface area contributed by atoms with Crippen LogP contribution in [0.25, 0.3) is 0 Å². The maximum absolute atomic E-state index is 10.7. The van der Waals surface area contributed by atoms with Crippen LogP contribution in [-0.4, -0.2) is 10.2 Å². The number of anilines is 1. The van der Waals surface area contributed by atoms with Crippen LogP contribution >= 0.6 is 11.6 Å². The van der Waals surface area contributed by atoms with Crippen molar-refractivity contribution >= 4 is 22.7 Å². The van der Waals surface area contributed by atoms with Crippen molar-refractivity contribution in [2.45, 2.75) is 0 Å². The first-order chi connectivity index (χ1) is 5.66. The number of nitrogens with two attached hydrogens (primary N) is 1. The van der Waals surface area contributed by atoms with Crippen molar-refractivity contribution < 1.29 is 4.79 Å². The predicted molar refractivity (Wildman–Crippen MR) is 43.5 cm³/mol. The van der Waals surface area contributed by atoms with Crippen LogP contribution in [0.3, 0.4) is 0 Å². The number of aromatic nitrogens is 1. The lowest BCUT2D eigenvalue weighted by atomic mass is 10.1. The fourth-order valence-electron chi connectivity index (χ4n) is 0.778. The molecule has 0 bridgehead atoms. The first-order valence-electron chi connectivity index (χ1n) is 3.01. The molecule has 1 heterocycles. The summed E-state index contributed by atoms with van der Waals surface area (Å²) in [6.45, 7) is 0. The number of halogens is 1. The summed E-state index contributed by atoms with van der Waals surface area (Å²) in [5.41, 5.74) is 5.45. The van der Waals surface area contributed by atoms with Crippen LogP contribution in [0.5, 0.6) is 0 Å². The molecule has 0 saturated carbocycles. The molecule has 0 aliphatic carbocycles. The van der Waals surface area contributed by atoms with E-state index in [2.05, 4.69) is 4.98 Å². The Kier molecular flexibility index (Phi) is 2.26. The van der Waals surface area contributed by atoms with Gasteiger partial charge in [-0.3, -0.25) is 4.79 Å². The zero-order valence-electron chi connectivity index (χ0n) is 5.91. The average molecular weight is 182 g/mol. The zero-order chi connectivity index (χ0) is 9.14. The summed E-state index contributed by atoms with van der Waals surface area (Å²) in [6.07, 6.45) is 1.34. The molecule has 2 N–H and O–H groups in total. The quantitative estimate of drug-likeness (QED) is 0.654. The SMILES string of the molecule is N#Cc1ccnc(N)c1C(=O)Cl. The van der Waals surface area contributed by atoms with E-state index < -0.39 is 5.24 Å². The topological polar surface area (TPSA) is 79.8 Å². The molecular formula is C7H4ClN3O. The number of nitrogen functional groups attached to an aromatic ring is 1. The molecule has 0 aromatic carbocycles. The van der Waals surface area contributed by atoms with Crippen molar-refractivity contribution in [3.05, 3.63) is 23.4 Å². The van der Waals surface area contributed by atoms with Gasteiger partial charge in [0.2, 0.25) is 0 Å². The Morgan fingerprint density at radius 3 is 2.83 bits per heavy atom. The third-order valence-corrected chi connectivity index (χ3v) is 1.49. The monoisotopic (exact) mass is 181 g/mol. The van der Waals surface area contributed by atoms with E-state index in [1.165, 1.54) is 12.3 Å². The molecule has 0 amide bonds. The van der Waals surface area contributed by atoms with Crippen LogP contribution in [0.1, 0.15) is 15.9 Å². The molecule has 1 aromatic rings. The molecular weight excluding hydrogens is 178 g/mol. The summed E-state index contributed by atoms with van der Waals surface area (Å²) in [7, 11) is 0. The third-order valence-electron chi connectivity index (χ3n) is 1.30. The number of hydrogen-bond acceptors (Lipinski definition) is 4. The summed E-state index contributed by atoms with van der Waals surface area (Å²) in [5.74, 6) is -0.0194. The minimum Gasteiger partial charge on any atom is -0.383 e. The van der Waals surface area contributed by atoms with Crippen LogP contribution in [-0.2, 0) is 0 Å². The van der Waals surface area contributed by atoms with Crippen molar-refractivity contribution in [2.75, 3.05) is 5.73 Å². The lowest BCUT2D eigenvalue weighted by Crippen LogP contribution is -2.03. The van der Waals surface area contributed by atoms with Crippen LogP contribution in [0.4, 0.5) is 5.82 Å². The van der Waals surface area contributed by atoms with Gasteiger partial charge in [0, 0.05) is 6.20 Å². The van der Waals surface area contributed by atoms with E-state index in [0.29, 0.717) is 0 Å². The minimum atomic E-state index is -0.767. The smallest absolute Gasteiger partial charge is 0.257 e. The Hall–Kier alpha value is -1.60. The van der Waals surface area contributed by atoms with E-state index in [1.54, 1.807) is 6.07 Å². The van der Waals surface area contributed by atoms with E-state index in [-0.39, 0.29) is 16.9 Å². The van der Waals surface area contributed by atoms with Gasteiger partial charge in [0.1, 0.15) is 11.9 Å². The Morgan fingerprint density at radius 1 is 1.75 bits per heavy atom. The predicted octanol–water partition coefficient (Wildman–Crippen LogP) is 0.914. The Morgan fingerprint density at radius 2 is 2.42 bits per heavy atom. The van der Waals surface area contributed by atoms with Gasteiger partial charge < -0.3 is 5.73 Å². The zero-order valence-corrected chi connectivity index (χ0v) is 6.67. The maximum Gasteiger partial charge on any atom is 0.257 e. The molecule has 0 radical (unpaired) electrons. The van der Waals surface area contributed by atoms with E-state index in [0.717, 1.165) is 0 Å². The van der Waals surface area contributed by atoms with Crippen molar-refractivity contribution in [1.82, 2.24) is 4.98 Å². The summed E-state index contributed by atoms with van der Waals surface area (Å²) in [6, 6.07) is 3.17. The number of rotatable bonds is 1. The van der Waals surface area contributed by atoms with Crippen LogP contribution in [0.2, 0.25) is 0 Å². The van der Waals surface area contributed by atoms with Gasteiger partial charge in [-0.15, -0.1) is 0 Å². The maximum atomic E-state index is 10.7. The van der Waals surface area contributed by atoms with Crippen molar-refractivity contribution in [2.24, 2.45) is 0 Å². The van der Waals surface area contributed by atoms with Gasteiger partial charge in [0.25, 0.3) is 5.24 Å². The van der Waals surface area contributed by atoms with E-state index in [9.17, 15) is 4.79 Å². The number of nitriles is 1. The van der Waals surface area contributed by atoms with Crippen molar-refractivity contribution in [3.8, 4) is 6.07 Å². The van der Waals surface area contributed by atoms with Gasteiger partial charge >= 0.3 is 0 Å². The summed E-state index contributed by atoms with van der Waals surface area (Å²) >= 11 is 5.18. The summed E-state index contributed by atoms with van der Waals surface area (Å²) in [5, 5.41) is 7.78. The Labute approximate surface area is 73.6 Å². The molecule has 12 heavy (non-hydrogen) atoms. The van der Waals surface area contributed by atoms with Gasteiger partial charge in [-0.25, -0.2) is 4.98 Å². The molecule has 1 rings (SSSR count). The van der Waals surface area contributed by atoms with Crippen LogP contribution < -0.4 is 5.73 Å². The van der Waals surface area contributed by atoms with Gasteiger partial charge in [-0.1, -0.05) is 0 Å². The molecule has 4 nitrogen and oxygen atoms in total. The summed E-state index contributed by atoms with van der Waals surface area (Å²) in [4.78, 5) is 14.4. The highest BCUT2D eigenvalue weighted by Gasteiger charge is 2.12. The second kappa shape index (κ2) is 3.20. The van der Waals surface area contributed by atoms with E-state index in [1.807, 2.05) is 0 Å². The van der Waals surface area contributed by atoms with E-state index in [4.69, 9.17) is 22.6 Å². The first kappa shape index (κ1) is 8.50. The van der Waals surface area contributed by atoms with Crippen molar-refractivity contribution in [1.29, 1.82) is 5.26 Å². The molecule has 0 fully saturated rings. The molecule has 0 aliphatic rings. The van der Waals surface area contributed by atoms with Gasteiger partial charge in [0.05, 0.1) is 11.1 Å². The minimum absolute atomic E-state index is 0.0194. The van der Waals surface area contributed by atoms with E-state index >= 15 is 0 Å². The second-order valence-corrected chi connectivity index (χ2v) is 2.35. The lowest BCUT2D eigenvalue weighted by Gasteiger charge is -1.99. The molecule has 60 valence electrons. The van der Waals surface area contributed by atoms with Crippen LogP contribution in [0, 0.1) is 11.3 Å². The number of hydrogen-bond donors (Lipinski definition) is 1. The average Bonchev–Trinajstić information content (AvgIpc) is 2.03. The molecule has 0 spiro atoms. The number of pyridine rings is 1. The molecule has 0 unspecified atom stereocenters. The van der Waals surface area contributed by atoms with Crippen molar-refractivity contribution in [3.63, 3.8) is 0 Å². The van der Waals surface area contributed by atoms with Gasteiger partial charge in [-0.2, -0.15) is 5.26 Å². The highest BCUT2D eigenvalue weighted by Crippen LogP contribution is 2.15. The number of carbonyl (C=O) groups excluding carboxylic acids is 1. The molecule has 5 heteroatoms. The number of nitrogens with zero attached hydrogens (tertiary/aromatic N) is 2. The molecule has 0 saturated heterocycles. The largest absolute Gasteiger partial charge is 0.383 e. The Balaban J connectivity index is 3.42. The second-order valence-electron chi connectivity index (χ2n) is 2.00. The van der Waals surface area contributed by atoms with Crippen LogP contribution in [0.15, 0.2) is 12.3 Å². The molecule has 0 atom stereocenters. The number of carbonyl (C=O) groups is 1. The highest BCUT2D eigenvalue weighted by atomic mass is 35.5. The standard InChI is InChI=1S/C7H4ClN3O/c8-6(12)5-4(3-9)1-2-11-7(5)10/h1-2H,(H2,10,11). The lowest BCUT2D eigenvalue weighted by molar-refractivity contribution is 0.108.